The van der Waals surface area contributed by atoms with E-state index < -0.39 is 48.2 Å². The van der Waals surface area contributed by atoms with Gasteiger partial charge in [-0.25, -0.2) is 4.79 Å². The van der Waals surface area contributed by atoms with Gasteiger partial charge < -0.3 is 25.2 Å². The maximum atomic E-state index is 13.1. The van der Waals surface area contributed by atoms with Crippen molar-refractivity contribution in [2.45, 2.75) is 31.7 Å². The third kappa shape index (κ3) is 7.84. The van der Waals surface area contributed by atoms with Gasteiger partial charge in [-0.2, -0.15) is 0 Å². The van der Waals surface area contributed by atoms with E-state index in [-0.39, 0.29) is 47.8 Å². The van der Waals surface area contributed by atoms with Crippen LogP contribution in [0.1, 0.15) is 56.8 Å². The van der Waals surface area contributed by atoms with Crippen molar-refractivity contribution >= 4 is 41.4 Å². The molecule has 2 aliphatic heterocycles. The highest BCUT2D eigenvalue weighted by atomic mass is 16.5. The van der Waals surface area contributed by atoms with Gasteiger partial charge in [-0.1, -0.05) is 30.3 Å². The van der Waals surface area contributed by atoms with Crippen molar-refractivity contribution in [2.24, 2.45) is 0 Å². The van der Waals surface area contributed by atoms with E-state index >= 15 is 0 Å². The molecule has 6 amide bonds. The Kier molecular flexibility index (Phi) is 10.4. The number of carbonyl (C=O) groups is 7. The molecule has 1 unspecified atom stereocenters. The lowest BCUT2D eigenvalue weighted by atomic mass is 10.0. The molecule has 4 N–H and O–H groups in total. The summed E-state index contributed by atoms with van der Waals surface area (Å²) in [4.78, 5) is 86.4. The van der Waals surface area contributed by atoms with Gasteiger partial charge in [-0.15, -0.1) is 0 Å². The zero-order valence-electron chi connectivity index (χ0n) is 25.7. The van der Waals surface area contributed by atoms with E-state index in [2.05, 4.69) is 16.0 Å². The fourth-order valence-electron chi connectivity index (χ4n) is 5.28. The van der Waals surface area contributed by atoms with E-state index in [1.165, 1.54) is 24.3 Å². The van der Waals surface area contributed by atoms with Gasteiger partial charge in [-0.05, 0) is 66.8 Å². The van der Waals surface area contributed by atoms with E-state index in [1.54, 1.807) is 42.5 Å². The molecule has 1 fully saturated rings. The number of carbonyl (C=O) groups excluding carboxylic acids is 6. The number of imide groups is 2. The number of hydrogen-bond donors (Lipinski definition) is 4. The molecule has 2 aliphatic rings. The Hall–Kier alpha value is -6.05. The molecule has 5 rings (SSSR count). The highest BCUT2D eigenvalue weighted by Crippen LogP contribution is 2.33. The fraction of sp³-hybridized carbons (Fsp3) is 0.265. The normalized spacial score (nSPS) is 15.4. The predicted molar refractivity (Wildman–Crippen MR) is 168 cm³/mol. The Morgan fingerprint density at radius 1 is 0.812 bits per heavy atom. The second-order valence-corrected chi connectivity index (χ2v) is 11.0. The first-order valence-corrected chi connectivity index (χ1v) is 15.2. The number of hydrogen-bond acceptors (Lipinski definition) is 9. The number of ether oxygens (including phenoxy) is 2. The van der Waals surface area contributed by atoms with Gasteiger partial charge >= 0.3 is 5.97 Å². The molecule has 1 saturated heterocycles. The molecule has 3 aromatic rings. The van der Waals surface area contributed by atoms with Crippen molar-refractivity contribution in [1.82, 2.24) is 20.9 Å². The largest absolute Gasteiger partial charge is 0.484 e. The number of amides is 6. The smallest absolute Gasteiger partial charge is 0.335 e. The molecule has 48 heavy (non-hydrogen) atoms. The Morgan fingerprint density at radius 2 is 1.48 bits per heavy atom. The lowest BCUT2D eigenvalue weighted by molar-refractivity contribution is -0.136. The summed E-state index contributed by atoms with van der Waals surface area (Å²) in [6.45, 7) is 0.0673. The first-order valence-electron chi connectivity index (χ1n) is 15.2. The molecular weight excluding hydrogens is 624 g/mol. The van der Waals surface area contributed by atoms with Gasteiger partial charge in [0.2, 0.25) is 11.8 Å². The van der Waals surface area contributed by atoms with Crippen molar-refractivity contribution in [1.29, 1.82) is 0 Å². The van der Waals surface area contributed by atoms with Crippen LogP contribution in [0.4, 0.5) is 0 Å². The van der Waals surface area contributed by atoms with Crippen LogP contribution in [0.3, 0.4) is 0 Å². The number of nitrogens with one attached hydrogen (secondary N) is 3. The standard InChI is InChI=1S/C34H32N4O10/c39-27-14-13-25(31(42)37-27)38-32(43)24-7-4-8-26(30(24)33(38)44)48-19-29(41)36-16-2-1-15-35-28(40)18-47-23-11-9-20(10-12-23)21-5-3-6-22(17-21)34(45)46/h3-12,17,25H,1-2,13-16,18-19H2,(H,35,40)(H,36,41)(H,45,46)(H,37,39,42). The Morgan fingerprint density at radius 3 is 2.15 bits per heavy atom. The van der Waals surface area contributed by atoms with Gasteiger partial charge in [0.15, 0.2) is 13.2 Å². The summed E-state index contributed by atoms with van der Waals surface area (Å²) in [6, 6.07) is 16.8. The molecular formula is C34H32N4O10. The Labute approximate surface area is 274 Å². The van der Waals surface area contributed by atoms with E-state index in [4.69, 9.17) is 9.47 Å². The third-order valence-corrected chi connectivity index (χ3v) is 7.70. The second-order valence-electron chi connectivity index (χ2n) is 11.0. The Balaban J connectivity index is 0.981. The van der Waals surface area contributed by atoms with Crippen LogP contribution >= 0.6 is 0 Å². The first kappa shape index (κ1) is 33.3. The van der Waals surface area contributed by atoms with Crippen molar-refractivity contribution in [3.05, 3.63) is 83.4 Å². The summed E-state index contributed by atoms with van der Waals surface area (Å²) >= 11 is 0. The zero-order chi connectivity index (χ0) is 34.2. The van der Waals surface area contributed by atoms with Crippen LogP contribution < -0.4 is 25.4 Å². The minimum absolute atomic E-state index is 0.000340. The summed E-state index contributed by atoms with van der Waals surface area (Å²) in [5, 5.41) is 16.8. The number of unbranched alkanes of at least 4 members (excludes halogenated alkanes) is 1. The van der Waals surface area contributed by atoms with Crippen LogP contribution in [0, 0.1) is 0 Å². The van der Waals surface area contributed by atoms with Gasteiger partial charge in [0.25, 0.3) is 23.6 Å². The van der Waals surface area contributed by atoms with Crippen LogP contribution in [-0.4, -0.2) is 83.8 Å². The van der Waals surface area contributed by atoms with Crippen molar-refractivity contribution in [3.63, 3.8) is 0 Å². The molecule has 14 heteroatoms. The van der Waals surface area contributed by atoms with Gasteiger partial charge in [0, 0.05) is 19.5 Å². The molecule has 2 heterocycles. The van der Waals surface area contributed by atoms with E-state index in [0.717, 1.165) is 16.0 Å². The second kappa shape index (κ2) is 15.0. The molecule has 0 aliphatic carbocycles. The molecule has 3 aromatic carbocycles. The van der Waals surface area contributed by atoms with Crippen molar-refractivity contribution < 1.29 is 48.1 Å². The molecule has 14 nitrogen and oxygen atoms in total. The topological polar surface area (TPSA) is 198 Å². The molecule has 1 atom stereocenters. The van der Waals surface area contributed by atoms with E-state index in [1.807, 2.05) is 0 Å². The molecule has 0 bridgehead atoms. The van der Waals surface area contributed by atoms with Crippen LogP contribution in [0.2, 0.25) is 0 Å². The van der Waals surface area contributed by atoms with Crippen LogP contribution in [0.5, 0.6) is 11.5 Å². The van der Waals surface area contributed by atoms with Crippen LogP contribution in [0.25, 0.3) is 11.1 Å². The lowest BCUT2D eigenvalue weighted by Crippen LogP contribution is -2.54. The SMILES string of the molecule is O=C(COc1ccc(-c2cccc(C(=O)O)c2)cc1)NCCCCNC(=O)COc1cccc2c1C(=O)N(C1CCC(=O)NC1=O)C2=O. The summed E-state index contributed by atoms with van der Waals surface area (Å²) in [7, 11) is 0. The summed E-state index contributed by atoms with van der Waals surface area (Å²) < 4.78 is 11.1. The summed E-state index contributed by atoms with van der Waals surface area (Å²) in [5.74, 6) is -3.86. The number of nitrogens with zero attached hydrogens (tertiary/aromatic N) is 1. The molecule has 0 saturated carbocycles. The number of carboxylic acid groups (broad SMARTS) is 1. The van der Waals surface area contributed by atoms with Crippen LogP contribution in [0.15, 0.2) is 66.7 Å². The zero-order valence-corrected chi connectivity index (χ0v) is 25.7. The van der Waals surface area contributed by atoms with E-state index in [0.29, 0.717) is 31.7 Å². The predicted octanol–water partition coefficient (Wildman–Crippen LogP) is 1.92. The number of rotatable bonds is 14. The van der Waals surface area contributed by atoms with Gasteiger partial charge in [0.05, 0.1) is 16.7 Å². The fourth-order valence-corrected chi connectivity index (χ4v) is 5.28. The maximum Gasteiger partial charge on any atom is 0.335 e. The summed E-state index contributed by atoms with van der Waals surface area (Å²) in [5.41, 5.74) is 1.75. The van der Waals surface area contributed by atoms with Crippen molar-refractivity contribution in [3.8, 4) is 22.6 Å². The van der Waals surface area contributed by atoms with Gasteiger partial charge in [0.1, 0.15) is 17.5 Å². The summed E-state index contributed by atoms with van der Waals surface area (Å²) in [6.07, 6.45) is 1.17. The molecule has 0 radical (unpaired) electrons. The number of fused-ring (bicyclic) bond motifs is 1. The van der Waals surface area contributed by atoms with Crippen molar-refractivity contribution in [2.75, 3.05) is 26.3 Å². The van der Waals surface area contributed by atoms with E-state index in [9.17, 15) is 38.7 Å². The third-order valence-electron chi connectivity index (χ3n) is 7.70. The number of carboxylic acids is 1. The highest BCUT2D eigenvalue weighted by Gasteiger charge is 2.46. The monoisotopic (exact) mass is 656 g/mol. The lowest BCUT2D eigenvalue weighted by Gasteiger charge is -2.27. The van der Waals surface area contributed by atoms with Crippen LogP contribution in [-0.2, 0) is 19.2 Å². The number of benzene rings is 3. The average Bonchev–Trinajstić information content (AvgIpc) is 3.34. The molecule has 0 aromatic heterocycles. The quantitative estimate of drug-likeness (QED) is 0.147. The number of piperidine rings is 1. The van der Waals surface area contributed by atoms with Gasteiger partial charge in [-0.3, -0.25) is 39.0 Å². The maximum absolute atomic E-state index is 13.1. The molecule has 248 valence electrons. The average molecular weight is 657 g/mol. The molecule has 0 spiro atoms. The minimum atomic E-state index is -1.11. The highest BCUT2D eigenvalue weighted by molar-refractivity contribution is 6.24. The number of aromatic carboxylic acids is 1. The minimum Gasteiger partial charge on any atom is -0.484 e. The Bertz CT molecular complexity index is 1770. The first-order chi connectivity index (χ1) is 23.1.